The van der Waals surface area contributed by atoms with Gasteiger partial charge in [0.05, 0.1) is 11.7 Å². The molecule has 3 atom stereocenters. The number of nitrogens with zero attached hydrogens (tertiary/aromatic N) is 1. The van der Waals surface area contributed by atoms with Crippen LogP contribution in [0.15, 0.2) is 18.3 Å². The highest BCUT2D eigenvalue weighted by molar-refractivity contribution is 5.22. The third-order valence-electron chi connectivity index (χ3n) is 4.58. The number of hydrogen-bond acceptors (Lipinski definition) is 2. The second-order valence-corrected chi connectivity index (χ2v) is 5.59. The molecule has 1 N–H and O–H groups in total. The number of rotatable bonds is 4. The Balaban J connectivity index is 2.24. The van der Waals surface area contributed by atoms with E-state index in [0.29, 0.717) is 6.04 Å². The topological polar surface area (TPSA) is 24.9 Å². The lowest BCUT2D eigenvalue weighted by atomic mass is 9.73. The lowest BCUT2D eigenvalue weighted by molar-refractivity contribution is 0.178. The molecule has 1 aliphatic rings. The molecule has 0 aromatic carbocycles. The minimum Gasteiger partial charge on any atom is -0.311 e. The molecule has 1 fully saturated rings. The van der Waals surface area contributed by atoms with Gasteiger partial charge in [0.2, 0.25) is 0 Å². The first-order valence-corrected chi connectivity index (χ1v) is 7.36. The molecule has 2 heteroatoms. The Morgan fingerprint density at radius 2 is 2.17 bits per heavy atom. The molecule has 1 aliphatic carbocycles. The van der Waals surface area contributed by atoms with E-state index < -0.39 is 0 Å². The van der Waals surface area contributed by atoms with Gasteiger partial charge in [0.15, 0.2) is 0 Å². The lowest BCUT2D eigenvalue weighted by Crippen LogP contribution is -2.33. The van der Waals surface area contributed by atoms with Crippen LogP contribution in [0.2, 0.25) is 0 Å². The predicted octanol–water partition coefficient (Wildman–Crippen LogP) is 3.87. The maximum atomic E-state index is 4.63. The maximum Gasteiger partial charge on any atom is 0.0605 e. The number of nitrogens with one attached hydrogen (secondary N) is 1. The van der Waals surface area contributed by atoms with E-state index >= 15 is 0 Å². The van der Waals surface area contributed by atoms with E-state index in [2.05, 4.69) is 37.3 Å². The Labute approximate surface area is 111 Å². The van der Waals surface area contributed by atoms with Gasteiger partial charge >= 0.3 is 0 Å². The minimum absolute atomic E-state index is 0.427. The summed E-state index contributed by atoms with van der Waals surface area (Å²) in [6.45, 7) is 4.51. The van der Waals surface area contributed by atoms with Crippen LogP contribution >= 0.6 is 0 Å². The molecule has 0 spiro atoms. The molecule has 1 saturated carbocycles. The smallest absolute Gasteiger partial charge is 0.0605 e. The van der Waals surface area contributed by atoms with Crippen molar-refractivity contribution < 1.29 is 0 Å². The molecule has 1 aromatic rings. The molecule has 100 valence electrons. The van der Waals surface area contributed by atoms with Crippen molar-refractivity contribution in [2.45, 2.75) is 52.0 Å². The summed E-state index contributed by atoms with van der Waals surface area (Å²) in [4.78, 5) is 4.63. The normalized spacial score (nSPS) is 25.9. The van der Waals surface area contributed by atoms with Crippen molar-refractivity contribution in [2.24, 2.45) is 11.8 Å². The average molecular weight is 246 g/mol. The number of aromatic nitrogens is 1. The second-order valence-electron chi connectivity index (χ2n) is 5.59. The summed E-state index contributed by atoms with van der Waals surface area (Å²) in [6, 6.07) is 4.64. The highest BCUT2D eigenvalue weighted by Crippen LogP contribution is 2.40. The average Bonchev–Trinajstić information content (AvgIpc) is 2.42. The van der Waals surface area contributed by atoms with Crippen LogP contribution in [0.4, 0.5) is 0 Å². The van der Waals surface area contributed by atoms with Crippen molar-refractivity contribution in [2.75, 3.05) is 7.05 Å². The lowest BCUT2D eigenvalue weighted by Gasteiger charge is -2.37. The van der Waals surface area contributed by atoms with Crippen LogP contribution in [0.5, 0.6) is 0 Å². The zero-order chi connectivity index (χ0) is 13.0. The van der Waals surface area contributed by atoms with Crippen molar-refractivity contribution in [3.8, 4) is 0 Å². The van der Waals surface area contributed by atoms with Crippen LogP contribution in [0, 0.1) is 18.8 Å². The molecule has 3 unspecified atom stereocenters. The van der Waals surface area contributed by atoms with Crippen LogP contribution in [0.3, 0.4) is 0 Å². The summed E-state index contributed by atoms with van der Waals surface area (Å²) < 4.78 is 0. The molecule has 0 amide bonds. The van der Waals surface area contributed by atoms with Crippen molar-refractivity contribution >= 4 is 0 Å². The zero-order valence-electron chi connectivity index (χ0n) is 11.9. The summed E-state index contributed by atoms with van der Waals surface area (Å²) in [5, 5.41) is 3.53. The van der Waals surface area contributed by atoms with Crippen LogP contribution in [-0.4, -0.2) is 12.0 Å². The molecule has 0 bridgehead atoms. The van der Waals surface area contributed by atoms with Crippen LogP contribution in [-0.2, 0) is 0 Å². The van der Waals surface area contributed by atoms with Gasteiger partial charge in [-0.1, -0.05) is 38.7 Å². The molecule has 2 nitrogen and oxygen atoms in total. The molecule has 1 aromatic heterocycles. The number of hydrogen-bond donors (Lipinski definition) is 1. The molecule has 2 rings (SSSR count). The van der Waals surface area contributed by atoms with Gasteiger partial charge in [-0.15, -0.1) is 0 Å². The molecule has 18 heavy (non-hydrogen) atoms. The highest BCUT2D eigenvalue weighted by atomic mass is 14.9. The standard InChI is InChI=1S/C16H26N2/c1-4-13-9-5-6-10-14(13)16(17-3)15-12(2)8-7-11-18-15/h7-8,11,13-14,16-17H,4-6,9-10H2,1-3H3. The van der Waals surface area contributed by atoms with E-state index in [0.717, 1.165) is 11.8 Å². The fourth-order valence-electron chi connectivity index (χ4n) is 3.56. The van der Waals surface area contributed by atoms with Gasteiger partial charge < -0.3 is 5.32 Å². The fourth-order valence-corrected chi connectivity index (χ4v) is 3.56. The Hall–Kier alpha value is -0.890. The summed E-state index contributed by atoms with van der Waals surface area (Å²) >= 11 is 0. The van der Waals surface area contributed by atoms with Crippen molar-refractivity contribution in [1.29, 1.82) is 0 Å². The summed E-state index contributed by atoms with van der Waals surface area (Å²) in [5.74, 6) is 1.61. The molecule has 0 aliphatic heterocycles. The third-order valence-corrected chi connectivity index (χ3v) is 4.58. The molecular weight excluding hydrogens is 220 g/mol. The van der Waals surface area contributed by atoms with E-state index in [4.69, 9.17) is 0 Å². The van der Waals surface area contributed by atoms with Crippen LogP contribution < -0.4 is 5.32 Å². The van der Waals surface area contributed by atoms with Crippen molar-refractivity contribution in [1.82, 2.24) is 10.3 Å². The Kier molecular flexibility index (Phi) is 4.76. The predicted molar refractivity (Wildman–Crippen MR) is 76.5 cm³/mol. The Bertz CT molecular complexity index is 375. The van der Waals surface area contributed by atoms with Crippen LogP contribution in [0.1, 0.15) is 56.3 Å². The maximum absolute atomic E-state index is 4.63. The quantitative estimate of drug-likeness (QED) is 0.872. The van der Waals surface area contributed by atoms with Crippen molar-refractivity contribution in [3.63, 3.8) is 0 Å². The first-order chi connectivity index (χ1) is 8.77. The van der Waals surface area contributed by atoms with Gasteiger partial charge in [0.1, 0.15) is 0 Å². The highest BCUT2D eigenvalue weighted by Gasteiger charge is 2.32. The number of pyridine rings is 1. The first kappa shape index (κ1) is 13.5. The molecule has 0 radical (unpaired) electrons. The Morgan fingerprint density at radius 3 is 2.83 bits per heavy atom. The fraction of sp³-hybridized carbons (Fsp3) is 0.688. The van der Waals surface area contributed by atoms with Gasteiger partial charge in [0, 0.05) is 6.20 Å². The van der Waals surface area contributed by atoms with E-state index in [1.165, 1.54) is 43.4 Å². The summed E-state index contributed by atoms with van der Waals surface area (Å²) in [6.07, 6.45) is 8.76. The summed E-state index contributed by atoms with van der Waals surface area (Å²) in [5.41, 5.74) is 2.57. The van der Waals surface area contributed by atoms with E-state index in [-0.39, 0.29) is 0 Å². The van der Waals surface area contributed by atoms with E-state index in [1.54, 1.807) is 0 Å². The second kappa shape index (κ2) is 6.33. The largest absolute Gasteiger partial charge is 0.311 e. The van der Waals surface area contributed by atoms with Gasteiger partial charge in [-0.05, 0) is 43.9 Å². The van der Waals surface area contributed by atoms with Gasteiger partial charge in [-0.3, -0.25) is 4.98 Å². The molecular formula is C16H26N2. The minimum atomic E-state index is 0.427. The first-order valence-electron chi connectivity index (χ1n) is 7.36. The van der Waals surface area contributed by atoms with Crippen molar-refractivity contribution in [3.05, 3.63) is 29.6 Å². The van der Waals surface area contributed by atoms with E-state index in [9.17, 15) is 0 Å². The SMILES string of the molecule is CCC1CCCCC1C(NC)c1ncccc1C. The van der Waals surface area contributed by atoms with E-state index in [1.807, 2.05) is 12.3 Å². The van der Waals surface area contributed by atoms with Crippen LogP contribution in [0.25, 0.3) is 0 Å². The molecule has 0 saturated heterocycles. The van der Waals surface area contributed by atoms with Gasteiger partial charge in [0.25, 0.3) is 0 Å². The Morgan fingerprint density at radius 1 is 1.39 bits per heavy atom. The third kappa shape index (κ3) is 2.74. The van der Waals surface area contributed by atoms with Gasteiger partial charge in [-0.2, -0.15) is 0 Å². The summed E-state index contributed by atoms with van der Waals surface area (Å²) in [7, 11) is 2.08. The molecule has 1 heterocycles. The monoisotopic (exact) mass is 246 g/mol. The zero-order valence-corrected chi connectivity index (χ0v) is 11.9. The number of aryl methyl sites for hydroxylation is 1. The van der Waals surface area contributed by atoms with Gasteiger partial charge in [-0.25, -0.2) is 0 Å².